The molecule has 2 aromatic rings. The van der Waals surface area contributed by atoms with Gasteiger partial charge in [-0.3, -0.25) is 0 Å². The molecule has 2 aliphatic rings. The zero-order valence-electron chi connectivity index (χ0n) is 18.4. The summed E-state index contributed by atoms with van der Waals surface area (Å²) in [7, 11) is -4.23. The predicted octanol–water partition coefficient (Wildman–Crippen LogP) is 4.19. The van der Waals surface area contributed by atoms with Gasteiger partial charge in [0.05, 0.1) is 11.9 Å². The lowest BCUT2D eigenvalue weighted by atomic mass is 9.77. The number of fused-ring (bicyclic) bond motifs is 1. The van der Waals surface area contributed by atoms with Gasteiger partial charge in [-0.25, -0.2) is 9.52 Å². The van der Waals surface area contributed by atoms with E-state index in [2.05, 4.69) is 31.3 Å². The number of carbonyl (C=O) groups excluding carboxylic acids is 1. The Kier molecular flexibility index (Phi) is 5.21. The summed E-state index contributed by atoms with van der Waals surface area (Å²) in [4.78, 5) is 12.8. The van der Waals surface area contributed by atoms with Crippen LogP contribution in [0.1, 0.15) is 69.2 Å². The minimum absolute atomic E-state index is 0.109. The van der Waals surface area contributed by atoms with E-state index in [1.54, 1.807) is 0 Å². The van der Waals surface area contributed by atoms with Crippen molar-refractivity contribution in [2.24, 2.45) is 5.92 Å². The van der Waals surface area contributed by atoms with E-state index in [1.807, 2.05) is 4.72 Å². The zero-order chi connectivity index (χ0) is 22.6. The molecule has 0 bridgehead atoms. The number of nitrogens with one attached hydrogen (secondary N) is 2. The largest absolute Gasteiger partial charge is 0.451 e. The van der Waals surface area contributed by atoms with E-state index in [1.165, 1.54) is 31.7 Å². The highest BCUT2D eigenvalue weighted by molar-refractivity contribution is 7.89. The molecule has 0 unspecified atom stereocenters. The van der Waals surface area contributed by atoms with Crippen LogP contribution in [0, 0.1) is 5.92 Å². The minimum Gasteiger partial charge on any atom is -0.451 e. The molecule has 168 valence electrons. The fourth-order valence-corrected chi connectivity index (χ4v) is 5.31. The van der Waals surface area contributed by atoms with Crippen molar-refractivity contribution < 1.29 is 22.7 Å². The van der Waals surface area contributed by atoms with Crippen molar-refractivity contribution in [1.82, 2.24) is 4.72 Å². The van der Waals surface area contributed by atoms with Crippen molar-refractivity contribution in [3.63, 3.8) is 0 Å². The fourth-order valence-electron chi connectivity index (χ4n) is 4.46. The lowest BCUT2D eigenvalue weighted by Crippen LogP contribution is -2.35. The van der Waals surface area contributed by atoms with Gasteiger partial charge in [0.2, 0.25) is 5.09 Å². The first-order chi connectivity index (χ1) is 14.4. The molecule has 2 aliphatic carbocycles. The molecule has 0 radical (unpaired) electrons. The fraction of sp³-hybridized carbons (Fsp3) is 0.522. The number of amides is 2. The van der Waals surface area contributed by atoms with Crippen LogP contribution in [-0.4, -0.2) is 19.6 Å². The van der Waals surface area contributed by atoms with Crippen LogP contribution in [-0.2, 0) is 33.9 Å². The van der Waals surface area contributed by atoms with Crippen LogP contribution in [0.5, 0.6) is 0 Å². The molecule has 0 aliphatic heterocycles. The average molecular weight is 447 g/mol. The van der Waals surface area contributed by atoms with E-state index >= 15 is 0 Å². The molecular weight excluding hydrogens is 416 g/mol. The summed E-state index contributed by atoms with van der Waals surface area (Å²) in [6.45, 7) is 7.41. The van der Waals surface area contributed by atoms with E-state index < -0.39 is 26.7 Å². The minimum atomic E-state index is -4.23. The van der Waals surface area contributed by atoms with E-state index in [4.69, 9.17) is 4.42 Å². The number of carbonyl (C=O) groups is 1. The Morgan fingerprint density at radius 3 is 2.48 bits per heavy atom. The number of hydrogen-bond donors (Lipinski definition) is 3. The Hall–Kier alpha value is -2.32. The Morgan fingerprint density at radius 2 is 1.87 bits per heavy atom. The van der Waals surface area contributed by atoms with Gasteiger partial charge in [0.25, 0.3) is 10.0 Å². The Morgan fingerprint density at radius 1 is 1.16 bits per heavy atom. The van der Waals surface area contributed by atoms with Gasteiger partial charge in [-0.2, -0.15) is 8.42 Å². The van der Waals surface area contributed by atoms with Gasteiger partial charge in [-0.05, 0) is 74.0 Å². The van der Waals surface area contributed by atoms with Crippen molar-refractivity contribution in [3.8, 4) is 0 Å². The normalized spacial score (nSPS) is 16.8. The van der Waals surface area contributed by atoms with Crippen molar-refractivity contribution in [1.29, 1.82) is 0 Å². The van der Waals surface area contributed by atoms with Gasteiger partial charge < -0.3 is 14.8 Å². The highest BCUT2D eigenvalue weighted by atomic mass is 32.2. The number of urea groups is 1. The monoisotopic (exact) mass is 446 g/mol. The number of benzene rings is 1. The molecule has 0 atom stereocenters. The van der Waals surface area contributed by atoms with Crippen LogP contribution in [0.25, 0.3) is 0 Å². The second-order valence-electron chi connectivity index (χ2n) is 9.75. The number of aliphatic hydroxyl groups is 1. The summed E-state index contributed by atoms with van der Waals surface area (Å²) in [5.41, 5.74) is 3.02. The Balaban J connectivity index is 1.60. The second kappa shape index (κ2) is 7.38. The highest BCUT2D eigenvalue weighted by Crippen LogP contribution is 2.50. The van der Waals surface area contributed by atoms with E-state index in [-0.39, 0.29) is 5.41 Å². The van der Waals surface area contributed by atoms with Crippen LogP contribution in [0.4, 0.5) is 10.5 Å². The SMILES string of the molecule is CC(C)(O)c1coc(S(=O)(=O)NC(=O)Nc2c(C(C)(C)C3CC3)ccc3c2CCC3)c1. The molecule has 1 fully saturated rings. The number of aryl methyl sites for hydroxylation is 1. The average Bonchev–Trinajstić information content (AvgIpc) is 3.19. The number of hydrogen-bond acceptors (Lipinski definition) is 5. The first-order valence-corrected chi connectivity index (χ1v) is 12.2. The van der Waals surface area contributed by atoms with Gasteiger partial charge in [0.1, 0.15) is 0 Å². The molecule has 1 heterocycles. The molecule has 1 saturated carbocycles. The van der Waals surface area contributed by atoms with E-state index in [0.717, 1.165) is 48.9 Å². The second-order valence-corrected chi connectivity index (χ2v) is 11.4. The van der Waals surface area contributed by atoms with Gasteiger partial charge in [0.15, 0.2) is 0 Å². The first-order valence-electron chi connectivity index (χ1n) is 10.7. The maximum absolute atomic E-state index is 12.8. The Bertz CT molecular complexity index is 1120. The summed E-state index contributed by atoms with van der Waals surface area (Å²) in [6.07, 6.45) is 6.33. The lowest BCUT2D eigenvalue weighted by Gasteiger charge is -2.29. The number of sulfonamides is 1. The standard InChI is InChI=1S/C23H30N2O5S/c1-22(2,15-9-10-15)18-11-8-14-6-5-7-17(14)20(18)24-21(26)25-31(28,29)19-12-16(13-30-19)23(3,4)27/h8,11-13,15,27H,5-7,9-10H2,1-4H3,(H2,24,25,26). The van der Waals surface area contributed by atoms with Crippen molar-refractivity contribution >= 4 is 21.7 Å². The molecule has 4 rings (SSSR count). The molecular formula is C23H30N2O5S. The topological polar surface area (TPSA) is 109 Å². The summed E-state index contributed by atoms with van der Waals surface area (Å²) >= 11 is 0. The first kappa shape index (κ1) is 21.9. The molecule has 1 aromatic carbocycles. The molecule has 8 heteroatoms. The van der Waals surface area contributed by atoms with Crippen LogP contribution >= 0.6 is 0 Å². The van der Waals surface area contributed by atoms with Gasteiger partial charge in [0, 0.05) is 17.3 Å². The van der Waals surface area contributed by atoms with Crippen molar-refractivity contribution in [2.75, 3.05) is 5.32 Å². The maximum atomic E-state index is 12.8. The predicted molar refractivity (Wildman–Crippen MR) is 118 cm³/mol. The molecule has 2 amide bonds. The van der Waals surface area contributed by atoms with Gasteiger partial charge in [-0.1, -0.05) is 26.0 Å². The van der Waals surface area contributed by atoms with Crippen LogP contribution in [0.3, 0.4) is 0 Å². The molecule has 3 N–H and O–H groups in total. The smallest absolute Gasteiger partial charge is 0.333 e. The van der Waals surface area contributed by atoms with Crippen LogP contribution in [0.15, 0.2) is 34.0 Å². The lowest BCUT2D eigenvalue weighted by molar-refractivity contribution is 0.0779. The summed E-state index contributed by atoms with van der Waals surface area (Å²) in [6, 6.07) is 4.61. The molecule has 0 spiro atoms. The van der Waals surface area contributed by atoms with E-state index in [0.29, 0.717) is 11.5 Å². The number of rotatable bonds is 6. The maximum Gasteiger partial charge on any atom is 0.333 e. The zero-order valence-corrected chi connectivity index (χ0v) is 19.2. The summed E-state index contributed by atoms with van der Waals surface area (Å²) < 4.78 is 32.5. The summed E-state index contributed by atoms with van der Waals surface area (Å²) in [5.74, 6) is 0.558. The third-order valence-electron chi connectivity index (χ3n) is 6.59. The molecule has 0 saturated heterocycles. The van der Waals surface area contributed by atoms with Crippen LogP contribution < -0.4 is 10.0 Å². The number of anilines is 1. The molecule has 1 aromatic heterocycles. The molecule has 7 nitrogen and oxygen atoms in total. The van der Waals surface area contributed by atoms with Crippen molar-refractivity contribution in [3.05, 3.63) is 46.7 Å². The van der Waals surface area contributed by atoms with Crippen molar-refractivity contribution in [2.45, 2.75) is 75.9 Å². The quantitative estimate of drug-likeness (QED) is 0.616. The Labute approximate surface area is 183 Å². The van der Waals surface area contributed by atoms with Crippen LogP contribution in [0.2, 0.25) is 0 Å². The molecule has 31 heavy (non-hydrogen) atoms. The highest BCUT2D eigenvalue weighted by Gasteiger charge is 2.41. The third-order valence-corrected chi connectivity index (χ3v) is 7.79. The van der Waals surface area contributed by atoms with Gasteiger partial charge in [-0.15, -0.1) is 0 Å². The summed E-state index contributed by atoms with van der Waals surface area (Å²) in [5, 5.41) is 12.5. The van der Waals surface area contributed by atoms with E-state index in [9.17, 15) is 18.3 Å². The number of furan rings is 1. The third kappa shape index (κ3) is 4.23. The van der Waals surface area contributed by atoms with Gasteiger partial charge >= 0.3 is 6.03 Å².